The van der Waals surface area contributed by atoms with Crippen LogP contribution in [0, 0.1) is 0 Å². The predicted molar refractivity (Wildman–Crippen MR) is 59.8 cm³/mol. The van der Waals surface area contributed by atoms with E-state index in [1.807, 2.05) is 0 Å². The molecule has 0 radical (unpaired) electrons. The molecule has 1 aliphatic rings. The van der Waals surface area contributed by atoms with Gasteiger partial charge >= 0.3 is 5.97 Å². The first kappa shape index (κ1) is 12.1. The maximum Gasteiger partial charge on any atom is 0.355 e. The number of rotatable bonds is 3. The normalized spacial score (nSPS) is 17.2. The summed E-state index contributed by atoms with van der Waals surface area (Å²) in [6.07, 6.45) is 4.99. The number of primary sulfonamides is 1. The number of carbonyl (C=O) groups is 1. The topological polar surface area (TPSA) is 102 Å². The number of nitrogens with two attached hydrogens (primary N) is 1. The Morgan fingerprint density at radius 2 is 2.06 bits per heavy atom. The smallest absolute Gasteiger partial charge is 0.355 e. The molecule has 7 heteroatoms. The van der Waals surface area contributed by atoms with Crippen molar-refractivity contribution in [2.24, 2.45) is 5.14 Å². The number of sulfonamides is 1. The molecule has 0 aliphatic heterocycles. The van der Waals surface area contributed by atoms with Gasteiger partial charge in [0.2, 0.25) is 10.0 Å². The SMILES string of the molecule is NS(=O)(=O)c1c[nH]c(C(=O)OC2CCCC2)c1. The van der Waals surface area contributed by atoms with Crippen LogP contribution in [-0.4, -0.2) is 25.5 Å². The van der Waals surface area contributed by atoms with Gasteiger partial charge in [-0.25, -0.2) is 18.4 Å². The zero-order valence-corrected chi connectivity index (χ0v) is 10.00. The molecule has 1 aromatic rings. The highest BCUT2D eigenvalue weighted by Gasteiger charge is 2.22. The molecule has 1 aromatic heterocycles. The lowest BCUT2D eigenvalue weighted by molar-refractivity contribution is 0.0311. The summed E-state index contributed by atoms with van der Waals surface area (Å²) in [5.41, 5.74) is 0.112. The van der Waals surface area contributed by atoms with Crippen molar-refractivity contribution in [1.29, 1.82) is 0 Å². The number of nitrogens with one attached hydrogen (secondary N) is 1. The zero-order valence-electron chi connectivity index (χ0n) is 9.18. The van der Waals surface area contributed by atoms with Crippen molar-refractivity contribution in [3.63, 3.8) is 0 Å². The predicted octanol–water partition coefficient (Wildman–Crippen LogP) is 0.761. The number of aromatic amines is 1. The lowest BCUT2D eigenvalue weighted by atomic mass is 10.3. The zero-order chi connectivity index (χ0) is 12.5. The Morgan fingerprint density at radius 3 is 2.59 bits per heavy atom. The van der Waals surface area contributed by atoms with Crippen LogP contribution in [-0.2, 0) is 14.8 Å². The molecule has 1 aliphatic carbocycles. The molecule has 6 nitrogen and oxygen atoms in total. The number of H-pyrrole nitrogens is 1. The Morgan fingerprint density at radius 1 is 1.41 bits per heavy atom. The molecule has 3 N–H and O–H groups in total. The summed E-state index contributed by atoms with van der Waals surface area (Å²) in [5.74, 6) is -0.535. The lowest BCUT2D eigenvalue weighted by Crippen LogP contribution is -2.15. The van der Waals surface area contributed by atoms with Crippen molar-refractivity contribution in [1.82, 2.24) is 4.98 Å². The van der Waals surface area contributed by atoms with E-state index in [1.165, 1.54) is 12.3 Å². The van der Waals surface area contributed by atoms with Crippen molar-refractivity contribution >= 4 is 16.0 Å². The average Bonchev–Trinajstić information content (AvgIpc) is 2.85. The van der Waals surface area contributed by atoms with Gasteiger partial charge in [-0.3, -0.25) is 0 Å². The molecule has 94 valence electrons. The number of hydrogen-bond acceptors (Lipinski definition) is 4. The van der Waals surface area contributed by atoms with Gasteiger partial charge in [0.1, 0.15) is 16.7 Å². The highest BCUT2D eigenvalue weighted by atomic mass is 32.2. The minimum atomic E-state index is -3.78. The van der Waals surface area contributed by atoms with Gasteiger partial charge in [0, 0.05) is 6.20 Å². The molecule has 0 saturated heterocycles. The monoisotopic (exact) mass is 258 g/mol. The number of esters is 1. The van der Waals surface area contributed by atoms with Crippen LogP contribution in [0.3, 0.4) is 0 Å². The van der Waals surface area contributed by atoms with E-state index in [9.17, 15) is 13.2 Å². The van der Waals surface area contributed by atoms with Crippen LogP contribution in [0.2, 0.25) is 0 Å². The molecule has 0 aromatic carbocycles. The minimum absolute atomic E-state index is 0.0521. The number of aromatic nitrogens is 1. The first-order valence-corrected chi connectivity index (χ1v) is 6.93. The molecule has 0 amide bonds. The molecule has 1 heterocycles. The second-order valence-corrected chi connectivity index (χ2v) is 5.67. The molecule has 0 spiro atoms. The molecule has 0 atom stereocenters. The summed E-state index contributed by atoms with van der Waals surface area (Å²) in [7, 11) is -3.78. The lowest BCUT2D eigenvalue weighted by Gasteiger charge is -2.09. The van der Waals surface area contributed by atoms with Gasteiger partial charge in [-0.1, -0.05) is 0 Å². The van der Waals surface area contributed by atoms with Crippen molar-refractivity contribution < 1.29 is 17.9 Å². The van der Waals surface area contributed by atoms with Crippen molar-refractivity contribution in [2.75, 3.05) is 0 Å². The molecule has 2 rings (SSSR count). The van der Waals surface area contributed by atoms with Crippen LogP contribution >= 0.6 is 0 Å². The van der Waals surface area contributed by atoms with E-state index in [1.54, 1.807) is 0 Å². The van der Waals surface area contributed by atoms with Crippen LogP contribution in [0.1, 0.15) is 36.2 Å². The minimum Gasteiger partial charge on any atom is -0.458 e. The summed E-state index contributed by atoms with van der Waals surface area (Å²) in [6.45, 7) is 0. The number of ether oxygens (including phenoxy) is 1. The Bertz CT molecular complexity index is 514. The summed E-state index contributed by atoms with van der Waals surface area (Å²) in [4.78, 5) is 14.1. The third kappa shape index (κ3) is 2.86. The average molecular weight is 258 g/mol. The molecular formula is C10H14N2O4S. The summed E-state index contributed by atoms with van der Waals surface area (Å²) in [6, 6.07) is 1.19. The van der Waals surface area contributed by atoms with Crippen molar-refractivity contribution in [3.8, 4) is 0 Å². The van der Waals surface area contributed by atoms with Gasteiger partial charge in [-0.15, -0.1) is 0 Å². The third-order valence-corrected chi connectivity index (χ3v) is 3.67. The third-order valence-electron chi connectivity index (χ3n) is 2.78. The van der Waals surface area contributed by atoms with Crippen molar-refractivity contribution in [2.45, 2.75) is 36.7 Å². The summed E-state index contributed by atoms with van der Waals surface area (Å²) < 4.78 is 27.3. The fraction of sp³-hybridized carbons (Fsp3) is 0.500. The highest BCUT2D eigenvalue weighted by Crippen LogP contribution is 2.22. The van der Waals surface area contributed by atoms with Gasteiger partial charge in [0.25, 0.3) is 0 Å². The van der Waals surface area contributed by atoms with E-state index in [-0.39, 0.29) is 16.7 Å². The van der Waals surface area contributed by atoms with Gasteiger partial charge in [0.05, 0.1) is 0 Å². The van der Waals surface area contributed by atoms with Crippen LogP contribution < -0.4 is 5.14 Å². The standard InChI is InChI=1S/C10H14N2O4S/c11-17(14,15)8-5-9(12-6-8)10(13)16-7-3-1-2-4-7/h5-7,12H,1-4H2,(H2,11,14,15). The fourth-order valence-corrected chi connectivity index (χ4v) is 2.38. The van der Waals surface area contributed by atoms with Crippen LogP contribution in [0.15, 0.2) is 17.2 Å². The van der Waals surface area contributed by atoms with Gasteiger partial charge in [0.15, 0.2) is 0 Å². The fourth-order valence-electron chi connectivity index (χ4n) is 1.88. The molecule has 0 unspecified atom stereocenters. The Balaban J connectivity index is 2.07. The largest absolute Gasteiger partial charge is 0.458 e. The maximum absolute atomic E-state index is 11.7. The van der Waals surface area contributed by atoms with E-state index in [0.29, 0.717) is 0 Å². The quantitative estimate of drug-likeness (QED) is 0.781. The summed E-state index contributed by atoms with van der Waals surface area (Å²) in [5, 5.41) is 4.93. The molecule has 1 fully saturated rings. The Hall–Kier alpha value is -1.34. The number of carbonyl (C=O) groups excluding carboxylic acids is 1. The number of hydrogen-bond donors (Lipinski definition) is 2. The second kappa shape index (κ2) is 4.50. The molecular weight excluding hydrogens is 244 g/mol. The van der Waals surface area contributed by atoms with E-state index in [2.05, 4.69) is 4.98 Å². The van der Waals surface area contributed by atoms with E-state index < -0.39 is 16.0 Å². The maximum atomic E-state index is 11.7. The van der Waals surface area contributed by atoms with Crippen LogP contribution in [0.5, 0.6) is 0 Å². The van der Waals surface area contributed by atoms with Crippen molar-refractivity contribution in [3.05, 3.63) is 18.0 Å². The van der Waals surface area contributed by atoms with E-state index in [4.69, 9.17) is 9.88 Å². The first-order chi connectivity index (χ1) is 7.97. The van der Waals surface area contributed by atoms with E-state index >= 15 is 0 Å². The Labute approximate surface area is 99.2 Å². The van der Waals surface area contributed by atoms with Gasteiger partial charge < -0.3 is 9.72 Å². The van der Waals surface area contributed by atoms with Crippen LogP contribution in [0.25, 0.3) is 0 Å². The highest BCUT2D eigenvalue weighted by molar-refractivity contribution is 7.89. The van der Waals surface area contributed by atoms with E-state index in [0.717, 1.165) is 25.7 Å². The Kier molecular flexibility index (Phi) is 3.21. The van der Waals surface area contributed by atoms with Crippen LogP contribution in [0.4, 0.5) is 0 Å². The summed E-state index contributed by atoms with van der Waals surface area (Å²) >= 11 is 0. The second-order valence-electron chi connectivity index (χ2n) is 4.11. The van der Waals surface area contributed by atoms with Gasteiger partial charge in [-0.05, 0) is 31.7 Å². The first-order valence-electron chi connectivity index (χ1n) is 5.39. The molecule has 1 saturated carbocycles. The van der Waals surface area contributed by atoms with Gasteiger partial charge in [-0.2, -0.15) is 0 Å². The molecule has 0 bridgehead atoms. The molecule has 17 heavy (non-hydrogen) atoms.